The number of rotatable bonds is 4. The molecule has 0 radical (unpaired) electrons. The Balaban J connectivity index is 2.94. The number of hydrogen-bond donors (Lipinski definition) is 3. The SMILES string of the molecule is CN(Cc1cccc(/C(N)=N/O)c1)S(N)(=O)=O. The van der Waals surface area contributed by atoms with Crippen LogP contribution >= 0.6 is 0 Å². The van der Waals surface area contributed by atoms with Crippen LogP contribution in [0.25, 0.3) is 0 Å². The number of nitrogens with zero attached hydrogens (tertiary/aromatic N) is 2. The topological polar surface area (TPSA) is 122 Å². The highest BCUT2D eigenvalue weighted by atomic mass is 32.2. The van der Waals surface area contributed by atoms with Gasteiger partial charge in [-0.15, -0.1) is 0 Å². The van der Waals surface area contributed by atoms with E-state index in [-0.39, 0.29) is 12.4 Å². The first-order valence-electron chi connectivity index (χ1n) is 4.65. The fourth-order valence-corrected chi connectivity index (χ4v) is 1.56. The van der Waals surface area contributed by atoms with Gasteiger partial charge in [0.05, 0.1) is 0 Å². The molecule has 1 rings (SSSR count). The summed E-state index contributed by atoms with van der Waals surface area (Å²) in [6.45, 7) is 0.116. The van der Waals surface area contributed by atoms with Gasteiger partial charge in [-0.2, -0.15) is 12.7 Å². The predicted molar refractivity (Wildman–Crippen MR) is 63.5 cm³/mol. The molecule has 0 atom stereocenters. The van der Waals surface area contributed by atoms with Crippen LogP contribution in [0.1, 0.15) is 11.1 Å². The Morgan fingerprint density at radius 1 is 1.53 bits per heavy atom. The molecule has 0 bridgehead atoms. The molecule has 94 valence electrons. The second-order valence-corrected chi connectivity index (χ2v) is 5.14. The second-order valence-electron chi connectivity index (χ2n) is 3.49. The smallest absolute Gasteiger partial charge is 0.276 e. The van der Waals surface area contributed by atoms with Crippen LogP contribution in [0, 0.1) is 0 Å². The monoisotopic (exact) mass is 258 g/mol. The molecule has 7 nitrogen and oxygen atoms in total. The van der Waals surface area contributed by atoms with Crippen LogP contribution in [0.3, 0.4) is 0 Å². The first-order chi connectivity index (χ1) is 7.84. The highest BCUT2D eigenvalue weighted by molar-refractivity contribution is 7.86. The molecule has 0 fully saturated rings. The van der Waals surface area contributed by atoms with Gasteiger partial charge in [0, 0.05) is 19.2 Å². The molecule has 8 heteroatoms. The van der Waals surface area contributed by atoms with Crippen molar-refractivity contribution in [1.82, 2.24) is 4.31 Å². The summed E-state index contributed by atoms with van der Waals surface area (Å²) in [5, 5.41) is 16.4. The standard InChI is InChI=1S/C9H14N4O3S/c1-13(17(11,15)16)6-7-3-2-4-8(5-7)9(10)12-14/h2-5,14H,6H2,1H3,(H2,10,12)(H2,11,15,16). The highest BCUT2D eigenvalue weighted by Gasteiger charge is 2.12. The Kier molecular flexibility index (Phi) is 4.05. The maximum Gasteiger partial charge on any atom is 0.276 e. The molecule has 5 N–H and O–H groups in total. The molecule has 0 aliphatic heterocycles. The van der Waals surface area contributed by atoms with E-state index in [1.54, 1.807) is 24.3 Å². The van der Waals surface area contributed by atoms with Gasteiger partial charge in [-0.05, 0) is 11.6 Å². The largest absolute Gasteiger partial charge is 0.409 e. The predicted octanol–water partition coefficient (Wildman–Crippen LogP) is -0.584. The first kappa shape index (κ1) is 13.4. The Bertz CT molecular complexity index is 527. The number of hydrogen-bond acceptors (Lipinski definition) is 4. The molecular formula is C9H14N4O3S. The van der Waals surface area contributed by atoms with Crippen LogP contribution < -0.4 is 10.9 Å². The van der Waals surface area contributed by atoms with E-state index in [4.69, 9.17) is 16.1 Å². The van der Waals surface area contributed by atoms with E-state index in [0.717, 1.165) is 4.31 Å². The quantitative estimate of drug-likeness (QED) is 0.289. The minimum absolute atomic E-state index is 0.0369. The van der Waals surface area contributed by atoms with Crippen molar-refractivity contribution >= 4 is 16.0 Å². The molecule has 0 aromatic heterocycles. The van der Waals surface area contributed by atoms with Gasteiger partial charge in [-0.25, -0.2) is 5.14 Å². The van der Waals surface area contributed by atoms with Crippen LogP contribution in [0.15, 0.2) is 29.4 Å². The summed E-state index contributed by atoms with van der Waals surface area (Å²) in [5.74, 6) is -0.0369. The number of nitrogens with two attached hydrogens (primary N) is 2. The zero-order valence-corrected chi connectivity index (χ0v) is 10.1. The Morgan fingerprint density at radius 2 is 2.18 bits per heavy atom. The van der Waals surface area contributed by atoms with E-state index in [1.807, 2.05) is 0 Å². The summed E-state index contributed by atoms with van der Waals surface area (Å²) in [5.41, 5.74) is 6.62. The average Bonchev–Trinajstić information content (AvgIpc) is 2.27. The van der Waals surface area contributed by atoms with Crippen molar-refractivity contribution in [3.05, 3.63) is 35.4 Å². The van der Waals surface area contributed by atoms with Crippen LogP contribution in [0.2, 0.25) is 0 Å². The van der Waals surface area contributed by atoms with Gasteiger partial charge < -0.3 is 10.9 Å². The minimum atomic E-state index is -3.72. The van der Waals surface area contributed by atoms with Gasteiger partial charge in [0.2, 0.25) is 0 Å². The highest BCUT2D eigenvalue weighted by Crippen LogP contribution is 2.08. The summed E-state index contributed by atoms with van der Waals surface area (Å²) >= 11 is 0. The van der Waals surface area contributed by atoms with Gasteiger partial charge in [0.15, 0.2) is 5.84 Å². The van der Waals surface area contributed by atoms with Gasteiger partial charge >= 0.3 is 0 Å². The molecule has 1 aromatic rings. The average molecular weight is 258 g/mol. The lowest BCUT2D eigenvalue weighted by molar-refractivity contribution is 0.318. The Morgan fingerprint density at radius 3 is 2.71 bits per heavy atom. The molecule has 17 heavy (non-hydrogen) atoms. The normalized spacial score (nSPS) is 13.0. The molecular weight excluding hydrogens is 244 g/mol. The summed E-state index contributed by atoms with van der Waals surface area (Å²) in [7, 11) is -2.35. The Hall–Kier alpha value is -1.64. The van der Waals surface area contributed by atoms with Gasteiger partial charge in [-0.1, -0.05) is 23.4 Å². The fourth-order valence-electron chi connectivity index (χ4n) is 1.23. The van der Waals surface area contributed by atoms with Gasteiger partial charge in [-0.3, -0.25) is 0 Å². The van der Waals surface area contributed by atoms with Crippen LogP contribution in [0.5, 0.6) is 0 Å². The second kappa shape index (κ2) is 5.13. The van der Waals surface area contributed by atoms with E-state index in [1.165, 1.54) is 7.05 Å². The maximum atomic E-state index is 11.0. The summed E-state index contributed by atoms with van der Waals surface area (Å²) in [4.78, 5) is 0. The van der Waals surface area contributed by atoms with Gasteiger partial charge in [0.1, 0.15) is 0 Å². The molecule has 0 saturated heterocycles. The third-order valence-corrected chi connectivity index (χ3v) is 3.17. The summed E-state index contributed by atoms with van der Waals surface area (Å²) in [6, 6.07) is 6.67. The fraction of sp³-hybridized carbons (Fsp3) is 0.222. The third-order valence-electron chi connectivity index (χ3n) is 2.17. The molecule has 0 heterocycles. The van der Waals surface area contributed by atoms with E-state index in [2.05, 4.69) is 5.16 Å². The van der Waals surface area contributed by atoms with Crippen LogP contribution in [0.4, 0.5) is 0 Å². The maximum absolute atomic E-state index is 11.0. The number of benzene rings is 1. The summed E-state index contributed by atoms with van der Waals surface area (Å²) in [6.07, 6.45) is 0. The van der Waals surface area contributed by atoms with Crippen LogP contribution in [-0.4, -0.2) is 30.8 Å². The third kappa shape index (κ3) is 3.70. The lowest BCUT2D eigenvalue weighted by atomic mass is 10.1. The van der Waals surface area contributed by atoms with E-state index in [9.17, 15) is 8.42 Å². The van der Waals surface area contributed by atoms with Crippen molar-refractivity contribution in [2.45, 2.75) is 6.54 Å². The molecule has 1 aromatic carbocycles. The lowest BCUT2D eigenvalue weighted by Gasteiger charge is -2.13. The number of oxime groups is 1. The molecule has 0 aliphatic rings. The van der Waals surface area contributed by atoms with Crippen molar-refractivity contribution in [2.24, 2.45) is 16.0 Å². The van der Waals surface area contributed by atoms with E-state index in [0.29, 0.717) is 11.1 Å². The van der Waals surface area contributed by atoms with E-state index >= 15 is 0 Å². The molecule has 0 unspecified atom stereocenters. The molecule has 0 saturated carbocycles. The van der Waals surface area contributed by atoms with Crippen molar-refractivity contribution in [3.8, 4) is 0 Å². The first-order valence-corrected chi connectivity index (χ1v) is 6.16. The molecule has 0 amide bonds. The zero-order chi connectivity index (χ0) is 13.1. The van der Waals surface area contributed by atoms with Crippen molar-refractivity contribution in [1.29, 1.82) is 0 Å². The zero-order valence-electron chi connectivity index (χ0n) is 9.24. The van der Waals surface area contributed by atoms with Crippen molar-refractivity contribution in [2.75, 3.05) is 7.05 Å². The summed E-state index contributed by atoms with van der Waals surface area (Å²) < 4.78 is 23.1. The molecule has 0 aliphatic carbocycles. The van der Waals surface area contributed by atoms with Gasteiger partial charge in [0.25, 0.3) is 10.2 Å². The van der Waals surface area contributed by atoms with Crippen molar-refractivity contribution in [3.63, 3.8) is 0 Å². The Labute approximate surface area is 99.5 Å². The van der Waals surface area contributed by atoms with Crippen LogP contribution in [-0.2, 0) is 16.8 Å². The molecule has 0 spiro atoms. The number of amidine groups is 1. The van der Waals surface area contributed by atoms with E-state index < -0.39 is 10.2 Å². The lowest BCUT2D eigenvalue weighted by Crippen LogP contribution is -2.32. The van der Waals surface area contributed by atoms with Crippen molar-refractivity contribution < 1.29 is 13.6 Å². The minimum Gasteiger partial charge on any atom is -0.409 e.